The first-order chi connectivity index (χ1) is 8.19. The number of benzene rings is 2. The van der Waals surface area contributed by atoms with Crippen LogP contribution in [0.1, 0.15) is 25.0 Å². The Balaban J connectivity index is 2.34. The first-order valence-electron chi connectivity index (χ1n) is 6.07. The summed E-state index contributed by atoms with van der Waals surface area (Å²) in [6.07, 6.45) is 2.54. The van der Waals surface area contributed by atoms with Crippen molar-refractivity contribution in [1.82, 2.24) is 0 Å². The van der Waals surface area contributed by atoms with Crippen molar-refractivity contribution in [2.45, 2.75) is 6.37 Å². The van der Waals surface area contributed by atoms with Gasteiger partial charge in [-0.05, 0) is 28.6 Å². The second-order valence-electron chi connectivity index (χ2n) is 3.63. The van der Waals surface area contributed by atoms with E-state index in [9.17, 15) is 0 Å². The Morgan fingerprint density at radius 1 is 0.733 bits per heavy atom. The Morgan fingerprint density at radius 3 is 1.73 bits per heavy atom. The highest BCUT2D eigenvalue weighted by Crippen LogP contribution is 2.24. The summed E-state index contributed by atoms with van der Waals surface area (Å²) in [7, 11) is 0. The van der Waals surface area contributed by atoms with Crippen LogP contribution in [0.3, 0.4) is 0 Å². The van der Waals surface area contributed by atoms with Gasteiger partial charge >= 0.3 is 0 Å². The van der Waals surface area contributed by atoms with E-state index >= 15 is 0 Å². The molecular weight excluding hydrogens is 180 g/mol. The maximum atomic E-state index is 8.36. The summed E-state index contributed by atoms with van der Waals surface area (Å²) in [6, 6.07) is 15.3. The minimum Gasteiger partial charge on any atom is -0.0619 e. The summed E-state index contributed by atoms with van der Waals surface area (Å²) in [6.45, 7) is 0. The number of rotatable bonds is 0. The van der Waals surface area contributed by atoms with E-state index in [2.05, 4.69) is 0 Å². The van der Waals surface area contributed by atoms with E-state index in [-0.39, 0.29) is 0 Å². The minimum atomic E-state index is -1.43. The third-order valence-corrected chi connectivity index (χ3v) is 2.63. The van der Waals surface area contributed by atoms with Crippen molar-refractivity contribution < 1.29 is 2.74 Å². The lowest BCUT2D eigenvalue weighted by atomic mass is 10.0. The normalized spacial score (nSPS) is 18.1. The highest BCUT2D eigenvalue weighted by atomic mass is 14.1. The second-order valence-corrected chi connectivity index (χ2v) is 3.63. The number of fused-ring (bicyclic) bond motifs is 2. The molecule has 0 heteroatoms. The molecule has 3 rings (SSSR count). The van der Waals surface area contributed by atoms with Gasteiger partial charge in [-0.25, -0.2) is 0 Å². The molecule has 0 unspecified atom stereocenters. The maximum absolute atomic E-state index is 8.36. The van der Waals surface area contributed by atoms with Crippen molar-refractivity contribution in [2.24, 2.45) is 0 Å². The van der Waals surface area contributed by atoms with Crippen molar-refractivity contribution in [3.05, 3.63) is 70.8 Å². The summed E-state index contributed by atoms with van der Waals surface area (Å²) in [4.78, 5) is 0. The molecule has 0 saturated heterocycles. The van der Waals surface area contributed by atoms with Crippen LogP contribution < -0.4 is 0 Å². The van der Waals surface area contributed by atoms with E-state index in [1.807, 2.05) is 60.7 Å². The predicted molar refractivity (Wildman–Crippen MR) is 64.6 cm³/mol. The molecule has 2 aromatic carbocycles. The molecule has 72 valence electrons. The average Bonchev–Trinajstić information content (AvgIpc) is 2.47. The highest BCUT2D eigenvalue weighted by Gasteiger charge is 2.06. The van der Waals surface area contributed by atoms with Gasteiger partial charge in [0.15, 0.2) is 0 Å². The van der Waals surface area contributed by atoms with Gasteiger partial charge in [0.1, 0.15) is 0 Å². The lowest BCUT2D eigenvalue weighted by Crippen LogP contribution is -1.90. The number of hydrogen-bond acceptors (Lipinski definition) is 0. The first kappa shape index (κ1) is 6.62. The molecule has 0 amide bonds. The molecule has 0 spiro atoms. The Morgan fingerprint density at radius 2 is 1.20 bits per heavy atom. The SMILES string of the molecule is [2H]C1([2H])c2ccccc2C=Cc2ccccc21. The van der Waals surface area contributed by atoms with Gasteiger partial charge in [-0.3, -0.25) is 0 Å². The fourth-order valence-electron chi connectivity index (χ4n) is 1.84. The maximum Gasteiger partial charge on any atom is 0.0366 e. The van der Waals surface area contributed by atoms with Crippen LogP contribution in [0, 0.1) is 0 Å². The molecule has 0 saturated carbocycles. The Labute approximate surface area is 92.7 Å². The van der Waals surface area contributed by atoms with E-state index in [0.29, 0.717) is 0 Å². The lowest BCUT2D eigenvalue weighted by molar-refractivity contribution is 1.18. The summed E-state index contributed by atoms with van der Waals surface area (Å²) in [5, 5.41) is 0. The van der Waals surface area contributed by atoms with Crippen LogP contribution in [-0.4, -0.2) is 0 Å². The fraction of sp³-hybridized carbons (Fsp3) is 0.0667. The van der Waals surface area contributed by atoms with Crippen molar-refractivity contribution >= 4 is 12.2 Å². The second kappa shape index (κ2) is 3.39. The van der Waals surface area contributed by atoms with Crippen LogP contribution in [-0.2, 0) is 6.37 Å². The van der Waals surface area contributed by atoms with Crippen LogP contribution >= 0.6 is 0 Å². The zero-order chi connectivity index (χ0) is 11.9. The molecule has 0 atom stereocenters. The average molecular weight is 194 g/mol. The van der Waals surface area contributed by atoms with Crippen molar-refractivity contribution in [3.8, 4) is 0 Å². The Bertz CT molecular complexity index is 546. The van der Waals surface area contributed by atoms with E-state index in [1.54, 1.807) is 0 Å². The van der Waals surface area contributed by atoms with Gasteiger partial charge in [0.25, 0.3) is 0 Å². The van der Waals surface area contributed by atoms with Crippen molar-refractivity contribution in [1.29, 1.82) is 0 Å². The smallest absolute Gasteiger partial charge is 0.0366 e. The molecule has 0 fully saturated rings. The molecule has 1 aliphatic carbocycles. The summed E-state index contributed by atoms with van der Waals surface area (Å²) >= 11 is 0. The third-order valence-electron chi connectivity index (χ3n) is 2.63. The Hall–Kier alpha value is -1.82. The van der Waals surface area contributed by atoms with Crippen LogP contribution in [0.25, 0.3) is 12.2 Å². The predicted octanol–water partition coefficient (Wildman–Crippen LogP) is 3.76. The minimum absolute atomic E-state index is 0.737. The molecule has 2 aromatic rings. The summed E-state index contributed by atoms with van der Waals surface area (Å²) in [5.41, 5.74) is 3.38. The molecule has 0 nitrogen and oxygen atoms in total. The van der Waals surface area contributed by atoms with Crippen LogP contribution in [0.5, 0.6) is 0 Å². The Kier molecular flexibility index (Phi) is 1.50. The monoisotopic (exact) mass is 194 g/mol. The molecule has 15 heavy (non-hydrogen) atoms. The zero-order valence-corrected chi connectivity index (χ0v) is 8.27. The van der Waals surface area contributed by atoms with E-state index in [1.165, 1.54) is 0 Å². The first-order valence-corrected chi connectivity index (χ1v) is 5.07. The fourth-order valence-corrected chi connectivity index (χ4v) is 1.84. The summed E-state index contributed by atoms with van der Waals surface area (Å²) in [5.74, 6) is 0. The van der Waals surface area contributed by atoms with Crippen LogP contribution in [0.15, 0.2) is 48.5 Å². The largest absolute Gasteiger partial charge is 0.0619 e. The topological polar surface area (TPSA) is 0 Å². The zero-order valence-electron chi connectivity index (χ0n) is 10.3. The molecule has 0 bridgehead atoms. The van der Waals surface area contributed by atoms with Gasteiger partial charge in [0, 0.05) is 2.74 Å². The van der Waals surface area contributed by atoms with Gasteiger partial charge in [0.2, 0.25) is 0 Å². The molecule has 0 heterocycles. The van der Waals surface area contributed by atoms with Crippen LogP contribution in [0.4, 0.5) is 0 Å². The lowest BCUT2D eigenvalue weighted by Gasteiger charge is -2.04. The van der Waals surface area contributed by atoms with E-state index < -0.39 is 6.37 Å². The molecule has 0 aromatic heterocycles. The van der Waals surface area contributed by atoms with Crippen molar-refractivity contribution in [2.75, 3.05) is 0 Å². The molecule has 0 N–H and O–H groups in total. The van der Waals surface area contributed by atoms with Gasteiger partial charge in [0.05, 0.1) is 0 Å². The third kappa shape index (κ3) is 1.48. The van der Waals surface area contributed by atoms with Gasteiger partial charge in [-0.2, -0.15) is 0 Å². The summed E-state index contributed by atoms with van der Waals surface area (Å²) < 4.78 is 16.7. The van der Waals surface area contributed by atoms with E-state index in [0.717, 1.165) is 22.3 Å². The van der Waals surface area contributed by atoms with E-state index in [4.69, 9.17) is 2.74 Å². The molecule has 0 aliphatic heterocycles. The molecular formula is C15H12. The highest BCUT2D eigenvalue weighted by molar-refractivity contribution is 5.75. The van der Waals surface area contributed by atoms with Gasteiger partial charge < -0.3 is 0 Å². The van der Waals surface area contributed by atoms with Crippen LogP contribution in [0.2, 0.25) is 0 Å². The van der Waals surface area contributed by atoms with Gasteiger partial charge in [-0.1, -0.05) is 60.7 Å². The quantitative estimate of drug-likeness (QED) is 0.599. The number of hydrogen-bond donors (Lipinski definition) is 0. The standard InChI is InChI=1S/C15H12/c1-3-7-14-11-15-8-4-2-6-13(15)10-9-12(14)5-1/h1-10H,11H2/i11D2. The molecule has 0 radical (unpaired) electrons. The van der Waals surface area contributed by atoms with Crippen molar-refractivity contribution in [3.63, 3.8) is 0 Å². The van der Waals surface area contributed by atoms with Gasteiger partial charge in [-0.15, -0.1) is 0 Å². The molecule has 1 aliphatic rings.